The molecule has 2 aromatic rings. The molecule has 0 amide bonds. The van der Waals surface area contributed by atoms with Crippen molar-refractivity contribution in [1.82, 2.24) is 19.9 Å². The highest BCUT2D eigenvalue weighted by molar-refractivity contribution is 7.84. The predicted octanol–water partition coefficient (Wildman–Crippen LogP) is 1.35. The highest BCUT2D eigenvalue weighted by Crippen LogP contribution is 2.19. The summed E-state index contributed by atoms with van der Waals surface area (Å²) in [6.45, 7) is 4.79. The molecule has 0 spiro atoms. The summed E-state index contributed by atoms with van der Waals surface area (Å²) in [6, 6.07) is 0.176. The lowest BCUT2D eigenvalue weighted by Gasteiger charge is -2.15. The van der Waals surface area contributed by atoms with Gasteiger partial charge in [-0.1, -0.05) is 0 Å². The number of hydrogen-bond donors (Lipinski definition) is 3. The molecule has 2 aromatic heterocycles. The van der Waals surface area contributed by atoms with Gasteiger partial charge >= 0.3 is 0 Å². The van der Waals surface area contributed by atoms with Gasteiger partial charge in [0.15, 0.2) is 11.5 Å². The molecule has 0 bridgehead atoms. The Hall–Kier alpha value is -1.70. The van der Waals surface area contributed by atoms with Gasteiger partial charge in [0.25, 0.3) is 0 Å². The van der Waals surface area contributed by atoms with Gasteiger partial charge in [0.2, 0.25) is 5.95 Å². The second-order valence-corrected chi connectivity index (χ2v) is 6.19. The highest BCUT2D eigenvalue weighted by atomic mass is 32.2. The van der Waals surface area contributed by atoms with Crippen LogP contribution >= 0.6 is 0 Å². The summed E-state index contributed by atoms with van der Waals surface area (Å²) < 4.78 is 11.1. The van der Waals surface area contributed by atoms with E-state index in [0.29, 0.717) is 17.3 Å². The number of rotatable bonds is 7. The standard InChI is InChI=1S/C12H20N6OS/c1-4-13-12-17-10-9(14-7-15-10)11(18-12)16-8(2)5-6-20(3)19/h7-8H,4-6H2,1-3H3,(H3,13,14,15,16,17,18). The third-order valence-electron chi connectivity index (χ3n) is 2.84. The van der Waals surface area contributed by atoms with Crippen molar-refractivity contribution in [3.63, 3.8) is 0 Å². The van der Waals surface area contributed by atoms with E-state index in [1.54, 1.807) is 12.6 Å². The van der Waals surface area contributed by atoms with E-state index in [1.165, 1.54) is 0 Å². The molecule has 0 aromatic carbocycles. The molecule has 2 heterocycles. The van der Waals surface area contributed by atoms with Crippen LogP contribution in [0.25, 0.3) is 11.2 Å². The van der Waals surface area contributed by atoms with Crippen LogP contribution in [0.1, 0.15) is 20.3 Å². The monoisotopic (exact) mass is 296 g/mol. The molecule has 7 nitrogen and oxygen atoms in total. The highest BCUT2D eigenvalue weighted by Gasteiger charge is 2.12. The number of H-pyrrole nitrogens is 1. The molecule has 0 aliphatic carbocycles. The van der Waals surface area contributed by atoms with Gasteiger partial charge in [-0.25, -0.2) is 4.98 Å². The SMILES string of the molecule is CCNc1nc(NC(C)CCS(C)=O)c2[nH]cnc2n1. The van der Waals surface area contributed by atoms with E-state index >= 15 is 0 Å². The first-order valence-electron chi connectivity index (χ1n) is 6.61. The van der Waals surface area contributed by atoms with Gasteiger partial charge in [-0.05, 0) is 20.3 Å². The van der Waals surface area contributed by atoms with Crippen molar-refractivity contribution < 1.29 is 4.21 Å². The molecule has 8 heteroatoms. The average molecular weight is 296 g/mol. The molecule has 2 rings (SSSR count). The fourth-order valence-corrected chi connectivity index (χ4v) is 2.51. The molecule has 2 atom stereocenters. The number of nitrogens with one attached hydrogen (secondary N) is 3. The van der Waals surface area contributed by atoms with Gasteiger partial charge in [-0.3, -0.25) is 4.21 Å². The molecular formula is C12H20N6OS. The molecule has 2 unspecified atom stereocenters. The number of nitrogens with zero attached hydrogens (tertiary/aromatic N) is 3. The molecule has 3 N–H and O–H groups in total. The van der Waals surface area contributed by atoms with Crippen LogP contribution in [0, 0.1) is 0 Å². The Labute approximate surface area is 120 Å². The summed E-state index contributed by atoms with van der Waals surface area (Å²) in [7, 11) is -0.776. The maximum absolute atomic E-state index is 11.1. The largest absolute Gasteiger partial charge is 0.366 e. The van der Waals surface area contributed by atoms with Gasteiger partial charge in [0.05, 0.1) is 6.33 Å². The predicted molar refractivity (Wildman–Crippen MR) is 82.5 cm³/mol. The van der Waals surface area contributed by atoms with Gasteiger partial charge in [-0.15, -0.1) is 0 Å². The number of hydrogen-bond acceptors (Lipinski definition) is 6. The second kappa shape index (κ2) is 6.65. The third-order valence-corrected chi connectivity index (χ3v) is 3.65. The fraction of sp³-hybridized carbons (Fsp3) is 0.583. The quantitative estimate of drug-likeness (QED) is 0.714. The van der Waals surface area contributed by atoms with E-state index in [-0.39, 0.29) is 6.04 Å². The Morgan fingerprint density at radius 1 is 1.45 bits per heavy atom. The number of anilines is 2. The van der Waals surface area contributed by atoms with E-state index in [9.17, 15) is 4.21 Å². The van der Waals surface area contributed by atoms with E-state index in [2.05, 4.69) is 30.6 Å². The van der Waals surface area contributed by atoms with E-state index < -0.39 is 10.8 Å². The molecule has 0 aliphatic heterocycles. The maximum atomic E-state index is 11.1. The average Bonchev–Trinajstić information content (AvgIpc) is 2.85. The van der Waals surface area contributed by atoms with Crippen LogP contribution in [-0.4, -0.2) is 48.7 Å². The molecule has 0 fully saturated rings. The van der Waals surface area contributed by atoms with Crippen molar-refractivity contribution in [2.45, 2.75) is 26.3 Å². The topological polar surface area (TPSA) is 95.6 Å². The zero-order chi connectivity index (χ0) is 14.5. The van der Waals surface area contributed by atoms with Crippen LogP contribution in [0.15, 0.2) is 6.33 Å². The van der Waals surface area contributed by atoms with Crippen LogP contribution in [0.4, 0.5) is 11.8 Å². The summed E-state index contributed by atoms with van der Waals surface area (Å²) in [5, 5.41) is 6.42. The zero-order valence-electron chi connectivity index (χ0n) is 11.9. The third kappa shape index (κ3) is 3.66. The van der Waals surface area contributed by atoms with Crippen LogP contribution in [0.3, 0.4) is 0 Å². The summed E-state index contributed by atoms with van der Waals surface area (Å²) in [4.78, 5) is 16.0. The van der Waals surface area contributed by atoms with Crippen molar-refractivity contribution in [2.75, 3.05) is 29.2 Å². The van der Waals surface area contributed by atoms with E-state index in [0.717, 1.165) is 24.3 Å². The first kappa shape index (κ1) is 14.7. The van der Waals surface area contributed by atoms with Crippen molar-refractivity contribution in [3.05, 3.63) is 6.33 Å². The van der Waals surface area contributed by atoms with Gasteiger partial charge in [0, 0.05) is 35.4 Å². The number of fused-ring (bicyclic) bond motifs is 1. The Kier molecular flexibility index (Phi) is 4.89. The van der Waals surface area contributed by atoms with Crippen LogP contribution in [0.2, 0.25) is 0 Å². The molecule has 0 saturated carbocycles. The fourth-order valence-electron chi connectivity index (χ4n) is 1.82. The van der Waals surface area contributed by atoms with E-state index in [1.807, 2.05) is 13.8 Å². The summed E-state index contributed by atoms with van der Waals surface area (Å²) >= 11 is 0. The lowest BCUT2D eigenvalue weighted by Crippen LogP contribution is -2.19. The molecular weight excluding hydrogens is 276 g/mol. The minimum Gasteiger partial charge on any atom is -0.366 e. The molecule has 0 saturated heterocycles. The van der Waals surface area contributed by atoms with Crippen LogP contribution in [0.5, 0.6) is 0 Å². The smallest absolute Gasteiger partial charge is 0.226 e. The van der Waals surface area contributed by atoms with Gasteiger partial charge in [-0.2, -0.15) is 9.97 Å². The number of aromatic nitrogens is 4. The van der Waals surface area contributed by atoms with Crippen LogP contribution < -0.4 is 10.6 Å². The van der Waals surface area contributed by atoms with Gasteiger partial charge in [0.1, 0.15) is 5.52 Å². The number of imidazole rings is 1. The molecule has 0 aliphatic rings. The number of aromatic amines is 1. The second-order valence-electron chi connectivity index (χ2n) is 4.64. The summed E-state index contributed by atoms with van der Waals surface area (Å²) in [5.41, 5.74) is 1.42. The normalized spacial score (nSPS) is 14.2. The zero-order valence-corrected chi connectivity index (χ0v) is 12.8. The first-order valence-corrected chi connectivity index (χ1v) is 8.34. The molecule has 20 heavy (non-hydrogen) atoms. The molecule has 0 radical (unpaired) electrons. The lowest BCUT2D eigenvalue weighted by molar-refractivity contribution is 0.678. The van der Waals surface area contributed by atoms with Crippen LogP contribution in [-0.2, 0) is 10.8 Å². The Balaban J connectivity index is 2.18. The lowest BCUT2D eigenvalue weighted by atomic mass is 10.2. The Morgan fingerprint density at radius 2 is 2.25 bits per heavy atom. The minimum atomic E-state index is -0.776. The van der Waals surface area contributed by atoms with Gasteiger partial charge < -0.3 is 15.6 Å². The minimum absolute atomic E-state index is 0.176. The van der Waals surface area contributed by atoms with Crippen molar-refractivity contribution in [1.29, 1.82) is 0 Å². The first-order chi connectivity index (χ1) is 9.60. The maximum Gasteiger partial charge on any atom is 0.226 e. The van der Waals surface area contributed by atoms with Crippen molar-refractivity contribution in [3.8, 4) is 0 Å². The molecule has 110 valence electrons. The van der Waals surface area contributed by atoms with Crippen molar-refractivity contribution >= 4 is 33.7 Å². The van der Waals surface area contributed by atoms with Crippen molar-refractivity contribution in [2.24, 2.45) is 0 Å². The Bertz CT molecular complexity index is 599. The van der Waals surface area contributed by atoms with E-state index in [4.69, 9.17) is 0 Å². The summed E-state index contributed by atoms with van der Waals surface area (Å²) in [5.74, 6) is 1.95. The summed E-state index contributed by atoms with van der Waals surface area (Å²) in [6.07, 6.45) is 4.14. The Morgan fingerprint density at radius 3 is 2.95 bits per heavy atom.